The lowest BCUT2D eigenvalue weighted by Crippen LogP contribution is -2.63. The molecule has 0 aromatic rings. The van der Waals surface area contributed by atoms with Crippen LogP contribution in [0.4, 0.5) is 4.79 Å². The van der Waals surface area contributed by atoms with E-state index in [9.17, 15) is 19.8 Å². The Morgan fingerprint density at radius 2 is 2.17 bits per heavy atom. The summed E-state index contributed by atoms with van der Waals surface area (Å²) in [6.07, 6.45) is -2.43. The van der Waals surface area contributed by atoms with Gasteiger partial charge in [0, 0.05) is 41.1 Å². The van der Waals surface area contributed by atoms with Gasteiger partial charge in [-0.1, -0.05) is 0 Å². The molecule has 1 unspecified atom stereocenters. The second kappa shape index (κ2) is 7.00. The lowest BCUT2D eigenvalue weighted by atomic mass is 10.0. The first kappa shape index (κ1) is 17.9. The number of carbonyl (C=O) groups excluding carboxylic acids is 2. The molecule has 0 radical (unpaired) electrons. The predicted molar refractivity (Wildman–Crippen MR) is 79.3 cm³/mol. The van der Waals surface area contributed by atoms with Gasteiger partial charge in [-0.15, -0.1) is 0 Å². The number of nitrogens with zero attached hydrogens (tertiary/aromatic N) is 3. The third-order valence-corrected chi connectivity index (χ3v) is 4.66. The Bertz CT molecular complexity index is 460. The molecule has 132 valence electrons. The molecular weight excluding hydrogens is 306 g/mol. The summed E-state index contributed by atoms with van der Waals surface area (Å²) < 4.78 is 10.5. The normalized spacial score (nSPS) is 34.9. The number of aliphatic hydroxyl groups excluding tert-OH is 2. The molecule has 9 nitrogen and oxygen atoms in total. The summed E-state index contributed by atoms with van der Waals surface area (Å²) >= 11 is 0. The van der Waals surface area contributed by atoms with Crippen molar-refractivity contribution < 1.29 is 29.3 Å². The SMILES string of the molecule is CO[C@@H]1O[C@@H](CO)[C@@H](N2CCC(N(C)C(C)=O)N(C)C2=O)[C@@H]1O. The third-order valence-electron chi connectivity index (χ3n) is 4.66. The number of amides is 3. The molecule has 2 rings (SSSR count). The summed E-state index contributed by atoms with van der Waals surface area (Å²) in [6, 6.07) is -1.01. The van der Waals surface area contributed by atoms with Crippen molar-refractivity contribution in [2.75, 3.05) is 34.4 Å². The highest BCUT2D eigenvalue weighted by Gasteiger charge is 2.50. The fourth-order valence-corrected chi connectivity index (χ4v) is 3.26. The number of ether oxygens (including phenoxy) is 2. The van der Waals surface area contributed by atoms with Gasteiger partial charge in [0.1, 0.15) is 18.4 Å². The quantitative estimate of drug-likeness (QED) is 0.660. The highest BCUT2D eigenvalue weighted by Crippen LogP contribution is 2.30. The van der Waals surface area contributed by atoms with Gasteiger partial charge in [0.25, 0.3) is 0 Å². The standard InChI is InChI=1S/C14H25N3O6/c1-8(19)15(2)10-5-6-17(14(21)16(10)3)11-9(7-18)23-13(22-4)12(11)20/h9-13,18,20H,5-7H2,1-4H3/t9-,10?,11+,12-,13+/m0/s1. The van der Waals surface area contributed by atoms with Crippen LogP contribution in [0.15, 0.2) is 0 Å². The van der Waals surface area contributed by atoms with Gasteiger partial charge < -0.3 is 34.4 Å². The van der Waals surface area contributed by atoms with Crippen LogP contribution in [0.25, 0.3) is 0 Å². The van der Waals surface area contributed by atoms with Gasteiger partial charge in [0.05, 0.1) is 12.6 Å². The summed E-state index contributed by atoms with van der Waals surface area (Å²) in [7, 11) is 4.66. The molecule has 0 saturated carbocycles. The summed E-state index contributed by atoms with van der Waals surface area (Å²) in [5.74, 6) is -0.125. The molecule has 2 aliphatic rings. The van der Waals surface area contributed by atoms with Crippen LogP contribution in [0, 0.1) is 0 Å². The summed E-state index contributed by atoms with van der Waals surface area (Å²) in [4.78, 5) is 28.7. The van der Waals surface area contributed by atoms with Crippen LogP contribution in [-0.2, 0) is 14.3 Å². The van der Waals surface area contributed by atoms with Crippen LogP contribution in [0.1, 0.15) is 13.3 Å². The fourth-order valence-electron chi connectivity index (χ4n) is 3.26. The van der Waals surface area contributed by atoms with Crippen molar-refractivity contribution in [1.29, 1.82) is 0 Å². The van der Waals surface area contributed by atoms with Crippen molar-refractivity contribution in [1.82, 2.24) is 14.7 Å². The van der Waals surface area contributed by atoms with Crippen molar-refractivity contribution in [3.63, 3.8) is 0 Å². The van der Waals surface area contributed by atoms with Gasteiger partial charge in [-0.25, -0.2) is 4.79 Å². The maximum Gasteiger partial charge on any atom is 0.321 e. The molecule has 23 heavy (non-hydrogen) atoms. The molecule has 0 aliphatic carbocycles. The van der Waals surface area contributed by atoms with Crippen LogP contribution < -0.4 is 0 Å². The number of hydrogen-bond donors (Lipinski definition) is 2. The highest BCUT2D eigenvalue weighted by atomic mass is 16.7. The molecule has 3 amide bonds. The van der Waals surface area contributed by atoms with E-state index >= 15 is 0 Å². The molecule has 2 N–H and O–H groups in total. The van der Waals surface area contributed by atoms with Crippen LogP contribution in [0.3, 0.4) is 0 Å². The monoisotopic (exact) mass is 331 g/mol. The summed E-state index contributed by atoms with van der Waals surface area (Å²) in [5.41, 5.74) is 0. The Hall–Kier alpha value is -1.42. The predicted octanol–water partition coefficient (Wildman–Crippen LogP) is -1.36. The largest absolute Gasteiger partial charge is 0.394 e. The van der Waals surface area contributed by atoms with E-state index in [1.807, 2.05) is 0 Å². The van der Waals surface area contributed by atoms with Gasteiger partial charge in [-0.3, -0.25) is 4.79 Å². The number of methoxy groups -OCH3 is 1. The number of hydrogen-bond acceptors (Lipinski definition) is 6. The molecule has 0 aromatic carbocycles. The van der Waals surface area contributed by atoms with Gasteiger partial charge in [-0.05, 0) is 0 Å². The Labute approximate surface area is 135 Å². The van der Waals surface area contributed by atoms with Crippen molar-refractivity contribution in [3.05, 3.63) is 0 Å². The first-order chi connectivity index (χ1) is 10.8. The molecule has 2 fully saturated rings. The van der Waals surface area contributed by atoms with Crippen LogP contribution >= 0.6 is 0 Å². The Morgan fingerprint density at radius 3 is 2.70 bits per heavy atom. The lowest BCUT2D eigenvalue weighted by molar-refractivity contribution is -0.153. The maximum atomic E-state index is 12.7. The lowest BCUT2D eigenvalue weighted by Gasteiger charge is -2.45. The summed E-state index contributed by atoms with van der Waals surface area (Å²) in [6.45, 7) is 1.47. The van der Waals surface area contributed by atoms with Crippen LogP contribution in [-0.4, -0.2) is 102 Å². The van der Waals surface area contributed by atoms with Gasteiger partial charge in [0.15, 0.2) is 6.29 Å². The second-order valence-corrected chi connectivity index (χ2v) is 5.93. The van der Waals surface area contributed by atoms with Crippen LogP contribution in [0.2, 0.25) is 0 Å². The van der Waals surface area contributed by atoms with E-state index in [-0.39, 0.29) is 24.7 Å². The van der Waals surface area contributed by atoms with E-state index in [1.54, 1.807) is 14.1 Å². The Kier molecular flexibility index (Phi) is 5.45. The van der Waals surface area contributed by atoms with Gasteiger partial charge >= 0.3 is 6.03 Å². The first-order valence-electron chi connectivity index (χ1n) is 7.57. The minimum absolute atomic E-state index is 0.125. The molecular formula is C14H25N3O6. The van der Waals surface area contributed by atoms with Crippen molar-refractivity contribution >= 4 is 11.9 Å². The summed E-state index contributed by atoms with van der Waals surface area (Å²) in [5, 5.41) is 19.8. The molecule has 2 heterocycles. The van der Waals surface area contributed by atoms with Gasteiger partial charge in [0.2, 0.25) is 5.91 Å². The van der Waals surface area contributed by atoms with Crippen molar-refractivity contribution in [2.24, 2.45) is 0 Å². The van der Waals surface area contributed by atoms with E-state index in [0.717, 1.165) is 0 Å². The van der Waals surface area contributed by atoms with Crippen molar-refractivity contribution in [3.8, 4) is 0 Å². The number of urea groups is 1. The molecule has 0 spiro atoms. The molecule has 0 bridgehead atoms. The zero-order valence-electron chi connectivity index (χ0n) is 13.9. The average Bonchev–Trinajstić information content (AvgIpc) is 2.85. The van der Waals surface area contributed by atoms with Crippen molar-refractivity contribution in [2.45, 2.75) is 44.1 Å². The molecule has 2 aliphatic heterocycles. The maximum absolute atomic E-state index is 12.7. The van der Waals surface area contributed by atoms with Gasteiger partial charge in [-0.2, -0.15) is 0 Å². The molecule has 5 atom stereocenters. The average molecular weight is 331 g/mol. The number of rotatable bonds is 4. The third kappa shape index (κ3) is 3.14. The zero-order valence-corrected chi connectivity index (χ0v) is 13.9. The topological polar surface area (TPSA) is 103 Å². The second-order valence-electron chi connectivity index (χ2n) is 5.93. The Balaban J connectivity index is 2.16. The van der Waals surface area contributed by atoms with E-state index in [4.69, 9.17) is 9.47 Å². The van der Waals surface area contributed by atoms with E-state index < -0.39 is 24.5 Å². The minimum atomic E-state index is -1.04. The molecule has 0 aromatic heterocycles. The first-order valence-corrected chi connectivity index (χ1v) is 7.57. The van der Waals surface area contributed by atoms with E-state index in [2.05, 4.69) is 0 Å². The van der Waals surface area contributed by atoms with E-state index in [0.29, 0.717) is 13.0 Å². The number of aliphatic hydroxyl groups is 2. The Morgan fingerprint density at radius 1 is 1.52 bits per heavy atom. The number of carbonyl (C=O) groups is 2. The molecule has 2 saturated heterocycles. The van der Waals surface area contributed by atoms with Crippen LogP contribution in [0.5, 0.6) is 0 Å². The van der Waals surface area contributed by atoms with E-state index in [1.165, 1.54) is 28.7 Å². The zero-order chi connectivity index (χ0) is 17.3. The fraction of sp³-hybridized carbons (Fsp3) is 0.857. The smallest absolute Gasteiger partial charge is 0.321 e. The molecule has 9 heteroatoms. The minimum Gasteiger partial charge on any atom is -0.394 e. The highest BCUT2D eigenvalue weighted by molar-refractivity contribution is 5.78.